The monoisotopic (exact) mass is 589 g/mol. The van der Waals surface area contributed by atoms with Gasteiger partial charge in [0.05, 0.1) is 24.0 Å². The van der Waals surface area contributed by atoms with E-state index in [1.807, 2.05) is 12.1 Å². The summed E-state index contributed by atoms with van der Waals surface area (Å²) in [5, 5.41) is 3.86. The molecule has 3 aliphatic heterocycles. The number of fused-ring (bicyclic) bond motifs is 6. The fourth-order valence-electron chi connectivity index (χ4n) is 7.02. The average molecular weight is 590 g/mol. The van der Waals surface area contributed by atoms with Gasteiger partial charge in [-0.2, -0.15) is 4.40 Å². The maximum atomic E-state index is 14.0. The van der Waals surface area contributed by atoms with E-state index >= 15 is 0 Å². The van der Waals surface area contributed by atoms with Crippen LogP contribution in [0, 0.1) is 12.7 Å². The number of carbonyl (C=O) groups excluding carboxylic acids is 1. The van der Waals surface area contributed by atoms with Gasteiger partial charge in [-0.25, -0.2) is 8.96 Å². The third-order valence-corrected chi connectivity index (χ3v) is 9.70. The zero-order chi connectivity index (χ0) is 29.3. The van der Waals surface area contributed by atoms with Gasteiger partial charge in [0.15, 0.2) is 5.69 Å². The normalized spacial score (nSPS) is 17.7. The van der Waals surface area contributed by atoms with Crippen molar-refractivity contribution in [3.05, 3.63) is 52.2 Å². The average Bonchev–Trinajstić information content (AvgIpc) is 3.37. The summed E-state index contributed by atoms with van der Waals surface area (Å²) in [6.07, 6.45) is 4.46. The number of nitrogens with zero attached hydrogens (tertiary/aromatic N) is 3. The van der Waals surface area contributed by atoms with Gasteiger partial charge >= 0.3 is 10.9 Å². The van der Waals surface area contributed by atoms with Gasteiger partial charge in [0, 0.05) is 35.4 Å². The Balaban J connectivity index is 1.59. The van der Waals surface area contributed by atoms with E-state index in [9.17, 15) is 9.18 Å². The van der Waals surface area contributed by atoms with E-state index in [1.54, 1.807) is 11.3 Å². The zero-order valence-corrected chi connectivity index (χ0v) is 25.8. The molecule has 0 aliphatic carbocycles. The topological polar surface area (TPSA) is 59.1 Å². The standard InChI is InChI=1S/C33H38FN4O3S/c1-19-27(20-10-12-22(34)13-11-20)38-31(35-33(2,3)4)29-25-16-21-8-6-14-36-15-7-9-24(28(21)36)30(25)41-18-23(17-26(39)40-5)37(29)32(38)42-19/h10-13,16,23,35H,6-9,14-15,17-18H2,1-5H3/q+1. The van der Waals surface area contributed by atoms with Crippen LogP contribution in [-0.2, 0) is 22.4 Å². The molecular weight excluding hydrogens is 551 g/mol. The number of nitrogens with one attached hydrogen (secondary N) is 1. The fourth-order valence-corrected chi connectivity index (χ4v) is 8.21. The van der Waals surface area contributed by atoms with Gasteiger partial charge in [0.2, 0.25) is 11.5 Å². The minimum atomic E-state index is -0.270. The van der Waals surface area contributed by atoms with E-state index in [4.69, 9.17) is 9.47 Å². The minimum absolute atomic E-state index is 0.195. The molecule has 0 amide bonds. The van der Waals surface area contributed by atoms with Crippen molar-refractivity contribution in [2.75, 3.05) is 37.0 Å². The third-order valence-electron chi connectivity index (χ3n) is 8.64. The number of halogens is 1. The van der Waals surface area contributed by atoms with Gasteiger partial charge < -0.3 is 19.7 Å². The molecule has 4 aromatic rings. The minimum Gasteiger partial charge on any atom is -0.488 e. The third kappa shape index (κ3) is 4.35. The highest BCUT2D eigenvalue weighted by Gasteiger charge is 2.43. The number of imidazole rings is 1. The number of anilines is 2. The number of esters is 1. The molecule has 1 N–H and O–H groups in total. The van der Waals surface area contributed by atoms with Crippen molar-refractivity contribution in [3.63, 3.8) is 0 Å². The van der Waals surface area contributed by atoms with Crippen LogP contribution in [0.3, 0.4) is 0 Å². The number of carbonyl (C=O) groups is 1. The first-order valence-corrected chi connectivity index (χ1v) is 15.7. The highest BCUT2D eigenvalue weighted by Crippen LogP contribution is 2.50. The van der Waals surface area contributed by atoms with Gasteiger partial charge in [0.1, 0.15) is 24.2 Å². The number of ether oxygens (including phenoxy) is 2. The summed E-state index contributed by atoms with van der Waals surface area (Å²) in [6.45, 7) is 11.1. The van der Waals surface area contributed by atoms with Gasteiger partial charge in [-0.1, -0.05) is 11.3 Å². The highest BCUT2D eigenvalue weighted by atomic mass is 32.1. The second-order valence-corrected chi connectivity index (χ2v) is 13.9. The van der Waals surface area contributed by atoms with Crippen LogP contribution in [0.4, 0.5) is 15.9 Å². The molecule has 0 saturated carbocycles. The molecule has 1 atom stereocenters. The second-order valence-electron chi connectivity index (χ2n) is 12.8. The molecule has 2 aromatic carbocycles. The van der Waals surface area contributed by atoms with E-state index in [-0.39, 0.29) is 29.8 Å². The number of methoxy groups -OCH3 is 1. The molecule has 0 spiro atoms. The number of hydrogen-bond acceptors (Lipinski definition) is 6. The predicted octanol–water partition coefficient (Wildman–Crippen LogP) is 6.48. The van der Waals surface area contributed by atoms with Crippen LogP contribution >= 0.6 is 11.3 Å². The Labute approximate surface area is 249 Å². The largest absolute Gasteiger partial charge is 0.488 e. The summed E-state index contributed by atoms with van der Waals surface area (Å²) in [6, 6.07) is 8.80. The van der Waals surface area contributed by atoms with Crippen molar-refractivity contribution in [1.82, 2.24) is 4.40 Å². The Hall–Kier alpha value is -3.59. The van der Waals surface area contributed by atoms with E-state index in [2.05, 4.69) is 52.9 Å². The summed E-state index contributed by atoms with van der Waals surface area (Å²) in [4.78, 5) is 17.5. The number of aryl methyl sites for hydroxylation is 2. The van der Waals surface area contributed by atoms with Crippen molar-refractivity contribution >= 4 is 33.8 Å². The lowest BCUT2D eigenvalue weighted by Gasteiger charge is -2.38. The van der Waals surface area contributed by atoms with Crippen LogP contribution in [-0.4, -0.2) is 42.7 Å². The molecule has 3 aliphatic rings. The summed E-state index contributed by atoms with van der Waals surface area (Å²) in [5.41, 5.74) is 7.84. The molecule has 5 heterocycles. The Morgan fingerprint density at radius 1 is 1.19 bits per heavy atom. The molecule has 7 nitrogen and oxygen atoms in total. The highest BCUT2D eigenvalue weighted by molar-refractivity contribution is 7.17. The predicted molar refractivity (Wildman–Crippen MR) is 164 cm³/mol. The Kier molecular flexibility index (Phi) is 6.49. The number of aromatic nitrogens is 2. The van der Waals surface area contributed by atoms with Crippen molar-refractivity contribution in [3.8, 4) is 28.3 Å². The van der Waals surface area contributed by atoms with Crippen molar-refractivity contribution in [1.29, 1.82) is 0 Å². The van der Waals surface area contributed by atoms with Crippen LogP contribution in [0.5, 0.6) is 5.75 Å². The number of thiazole rings is 1. The quantitative estimate of drug-likeness (QED) is 0.218. The van der Waals surface area contributed by atoms with Gasteiger partial charge in [-0.05, 0) is 89.3 Å². The zero-order valence-electron chi connectivity index (χ0n) is 25.0. The second kappa shape index (κ2) is 10.0. The lowest BCUT2D eigenvalue weighted by molar-refractivity contribution is -0.684. The van der Waals surface area contributed by atoms with E-state index < -0.39 is 0 Å². The first-order chi connectivity index (χ1) is 20.1. The van der Waals surface area contributed by atoms with Crippen LogP contribution in [0.1, 0.15) is 62.1 Å². The maximum Gasteiger partial charge on any atom is 0.349 e. The van der Waals surface area contributed by atoms with Crippen LogP contribution in [0.2, 0.25) is 0 Å². The van der Waals surface area contributed by atoms with E-state index in [1.165, 1.54) is 36.1 Å². The first kappa shape index (κ1) is 27.3. The number of benzene rings is 2. The van der Waals surface area contributed by atoms with Gasteiger partial charge in [-0.15, -0.1) is 0 Å². The van der Waals surface area contributed by atoms with Gasteiger partial charge in [0.25, 0.3) is 0 Å². The molecule has 0 radical (unpaired) electrons. The lowest BCUT2D eigenvalue weighted by Crippen LogP contribution is -2.43. The number of rotatable bonds is 4. The summed E-state index contributed by atoms with van der Waals surface area (Å²) < 4.78 is 30.5. The molecule has 0 fully saturated rings. The van der Waals surface area contributed by atoms with Crippen LogP contribution < -0.4 is 19.5 Å². The SMILES string of the molecule is COC(=O)CC1COc2c(cc3c4c2CCCN4CCC3)-c2c(NC(C)(C)C)n3c(-c4ccc(F)cc4)c(C)sc3[n+]21. The van der Waals surface area contributed by atoms with E-state index in [0.29, 0.717) is 6.61 Å². The lowest BCUT2D eigenvalue weighted by atomic mass is 9.88. The van der Waals surface area contributed by atoms with Crippen molar-refractivity contribution < 1.29 is 23.2 Å². The fraction of sp³-hybridized carbons (Fsp3) is 0.455. The molecular formula is C33H38FN4O3S+. The van der Waals surface area contributed by atoms with Crippen LogP contribution in [0.15, 0.2) is 30.3 Å². The van der Waals surface area contributed by atoms with E-state index in [0.717, 1.165) is 82.7 Å². The molecule has 220 valence electrons. The molecule has 42 heavy (non-hydrogen) atoms. The molecule has 0 bridgehead atoms. The Bertz CT molecular complexity index is 1710. The molecule has 7 rings (SSSR count). The summed E-state index contributed by atoms with van der Waals surface area (Å²) in [5.74, 6) is 1.37. The van der Waals surface area contributed by atoms with Crippen molar-refractivity contribution in [2.24, 2.45) is 0 Å². The maximum absolute atomic E-state index is 14.0. The summed E-state index contributed by atoms with van der Waals surface area (Å²) in [7, 11) is 1.44. The van der Waals surface area contributed by atoms with Gasteiger partial charge in [-0.3, -0.25) is 4.79 Å². The summed E-state index contributed by atoms with van der Waals surface area (Å²) >= 11 is 1.69. The van der Waals surface area contributed by atoms with Crippen molar-refractivity contribution in [2.45, 2.75) is 71.4 Å². The Morgan fingerprint density at radius 2 is 1.93 bits per heavy atom. The molecule has 9 heteroatoms. The first-order valence-electron chi connectivity index (χ1n) is 14.9. The molecule has 1 unspecified atom stereocenters. The Morgan fingerprint density at radius 3 is 2.64 bits per heavy atom. The molecule has 2 aromatic heterocycles. The van der Waals surface area contributed by atoms with Crippen LogP contribution in [0.25, 0.3) is 27.5 Å². The smallest absolute Gasteiger partial charge is 0.349 e. The number of hydrogen-bond donors (Lipinski definition) is 1. The molecule has 0 saturated heterocycles.